The number of ether oxygens (including phenoxy) is 1. The van der Waals surface area contributed by atoms with Gasteiger partial charge in [-0.05, 0) is 38.1 Å². The van der Waals surface area contributed by atoms with Crippen molar-refractivity contribution in [3.63, 3.8) is 0 Å². The van der Waals surface area contributed by atoms with E-state index in [-0.39, 0.29) is 17.2 Å². The zero-order chi connectivity index (χ0) is 16.1. The molecule has 0 amide bonds. The summed E-state index contributed by atoms with van der Waals surface area (Å²) in [4.78, 5) is 16.4. The number of carbonyl (C=O) groups is 1. The first kappa shape index (κ1) is 14.6. The fourth-order valence-electron chi connectivity index (χ4n) is 2.25. The number of aliphatic hydroxyl groups is 1. The van der Waals surface area contributed by atoms with Gasteiger partial charge in [-0.25, -0.2) is 14.5 Å². The number of esters is 1. The van der Waals surface area contributed by atoms with E-state index in [1.807, 2.05) is 0 Å². The van der Waals surface area contributed by atoms with Crippen molar-refractivity contribution in [3.05, 3.63) is 40.9 Å². The third kappa shape index (κ3) is 2.25. The molecule has 0 aliphatic carbocycles. The third-order valence-corrected chi connectivity index (χ3v) is 3.70. The maximum atomic E-state index is 12.0. The predicted octanol–water partition coefficient (Wildman–Crippen LogP) is 2.74. The average Bonchev–Trinajstić information content (AvgIpc) is 2.89. The maximum Gasteiger partial charge on any atom is 0.346 e. The Morgan fingerprint density at radius 1 is 1.27 bits per heavy atom. The van der Waals surface area contributed by atoms with Crippen LogP contribution in [0, 0.1) is 0 Å². The first-order chi connectivity index (χ1) is 10.3. The number of aromatic nitrogens is 3. The van der Waals surface area contributed by atoms with E-state index in [1.54, 1.807) is 45.2 Å². The SMILES string of the molecule is Cn1nc(-c2ccc(Cl)cc2)nc1C1=C(O)C(C)(C)OC1=O. The topological polar surface area (TPSA) is 77.2 Å². The molecule has 0 fully saturated rings. The van der Waals surface area contributed by atoms with Crippen molar-refractivity contribution < 1.29 is 14.6 Å². The lowest BCUT2D eigenvalue weighted by atomic mass is 10.1. The molecule has 1 N–H and O–H groups in total. The Morgan fingerprint density at radius 3 is 2.45 bits per heavy atom. The first-order valence-corrected chi connectivity index (χ1v) is 7.02. The van der Waals surface area contributed by atoms with Crippen molar-refractivity contribution in [2.24, 2.45) is 7.05 Å². The summed E-state index contributed by atoms with van der Waals surface area (Å²) in [5, 5.41) is 15.1. The van der Waals surface area contributed by atoms with Gasteiger partial charge in [-0.1, -0.05) is 11.6 Å². The quantitative estimate of drug-likeness (QED) is 0.861. The number of nitrogens with zero attached hydrogens (tertiary/aromatic N) is 3. The molecule has 0 radical (unpaired) electrons. The summed E-state index contributed by atoms with van der Waals surface area (Å²) in [5.41, 5.74) is -0.254. The van der Waals surface area contributed by atoms with Gasteiger partial charge in [-0.15, -0.1) is 0 Å². The molecule has 1 aliphatic rings. The van der Waals surface area contributed by atoms with Crippen LogP contribution >= 0.6 is 11.6 Å². The molecule has 0 saturated carbocycles. The number of hydrogen-bond donors (Lipinski definition) is 1. The minimum absolute atomic E-state index is 0.0419. The van der Waals surface area contributed by atoms with E-state index in [0.717, 1.165) is 5.56 Å². The highest BCUT2D eigenvalue weighted by atomic mass is 35.5. The number of halogens is 1. The lowest BCUT2D eigenvalue weighted by Gasteiger charge is -2.15. The number of benzene rings is 1. The standard InChI is InChI=1S/C15H14ClN3O3/c1-15(2)11(20)10(14(21)22-15)13-17-12(18-19(13)3)8-4-6-9(16)7-5-8/h4-7,20H,1-3H3. The van der Waals surface area contributed by atoms with Crippen LogP contribution in [0.5, 0.6) is 0 Å². The van der Waals surface area contributed by atoms with Crippen LogP contribution in [0.2, 0.25) is 5.02 Å². The van der Waals surface area contributed by atoms with Gasteiger partial charge >= 0.3 is 5.97 Å². The van der Waals surface area contributed by atoms with Crippen molar-refractivity contribution in [1.82, 2.24) is 14.8 Å². The second-order valence-corrected chi connectivity index (χ2v) is 5.95. The molecule has 3 rings (SSSR count). The van der Waals surface area contributed by atoms with Gasteiger partial charge in [-0.3, -0.25) is 0 Å². The molecule has 0 unspecified atom stereocenters. The van der Waals surface area contributed by atoms with Gasteiger partial charge in [-0.2, -0.15) is 5.10 Å². The average molecular weight is 320 g/mol. The molecule has 0 bridgehead atoms. The number of aryl methyl sites for hydroxylation is 1. The van der Waals surface area contributed by atoms with Crippen molar-refractivity contribution in [2.75, 3.05) is 0 Å². The molecule has 7 heteroatoms. The van der Waals surface area contributed by atoms with Crippen molar-refractivity contribution >= 4 is 23.1 Å². The van der Waals surface area contributed by atoms with E-state index >= 15 is 0 Å². The Balaban J connectivity index is 2.09. The van der Waals surface area contributed by atoms with E-state index in [1.165, 1.54) is 4.68 Å². The van der Waals surface area contributed by atoms with Crippen molar-refractivity contribution in [3.8, 4) is 11.4 Å². The van der Waals surface area contributed by atoms with Gasteiger partial charge in [0.1, 0.15) is 5.57 Å². The number of rotatable bonds is 2. The number of hydrogen-bond acceptors (Lipinski definition) is 5. The van der Waals surface area contributed by atoms with Gasteiger partial charge < -0.3 is 9.84 Å². The molecule has 2 heterocycles. The normalized spacial score (nSPS) is 17.0. The van der Waals surface area contributed by atoms with Crippen molar-refractivity contribution in [2.45, 2.75) is 19.4 Å². The summed E-state index contributed by atoms with van der Waals surface area (Å²) in [6.45, 7) is 3.23. The molecule has 0 saturated heterocycles. The van der Waals surface area contributed by atoms with E-state index in [0.29, 0.717) is 10.8 Å². The Kier molecular flexibility index (Phi) is 3.21. The third-order valence-electron chi connectivity index (χ3n) is 3.45. The highest BCUT2D eigenvalue weighted by Gasteiger charge is 2.43. The molecule has 1 aliphatic heterocycles. The summed E-state index contributed by atoms with van der Waals surface area (Å²) in [6.07, 6.45) is 0. The van der Waals surface area contributed by atoms with E-state index in [2.05, 4.69) is 10.1 Å². The van der Waals surface area contributed by atoms with Gasteiger partial charge in [0.05, 0.1) is 0 Å². The Morgan fingerprint density at radius 2 is 1.91 bits per heavy atom. The van der Waals surface area contributed by atoms with Crippen LogP contribution in [0.3, 0.4) is 0 Å². The molecule has 1 aromatic carbocycles. The maximum absolute atomic E-state index is 12.0. The number of aliphatic hydroxyl groups excluding tert-OH is 1. The highest BCUT2D eigenvalue weighted by Crippen LogP contribution is 2.35. The monoisotopic (exact) mass is 319 g/mol. The van der Waals surface area contributed by atoms with Crippen LogP contribution in [-0.2, 0) is 16.6 Å². The van der Waals surface area contributed by atoms with Gasteiger partial charge in [0.25, 0.3) is 0 Å². The summed E-state index contributed by atoms with van der Waals surface area (Å²) in [6, 6.07) is 7.03. The molecular formula is C15H14ClN3O3. The fraction of sp³-hybridized carbons (Fsp3) is 0.267. The molecule has 0 spiro atoms. The molecule has 6 nitrogen and oxygen atoms in total. The molecule has 0 atom stereocenters. The van der Waals surface area contributed by atoms with Crippen LogP contribution in [0.1, 0.15) is 19.7 Å². The van der Waals surface area contributed by atoms with E-state index < -0.39 is 11.6 Å². The van der Waals surface area contributed by atoms with Crippen LogP contribution in [0.4, 0.5) is 0 Å². The van der Waals surface area contributed by atoms with Crippen LogP contribution < -0.4 is 0 Å². The smallest absolute Gasteiger partial charge is 0.346 e. The summed E-state index contributed by atoms with van der Waals surface area (Å²) < 4.78 is 6.59. The molecule has 114 valence electrons. The Labute approximate surface area is 132 Å². The van der Waals surface area contributed by atoms with Crippen LogP contribution in [0.15, 0.2) is 30.0 Å². The van der Waals surface area contributed by atoms with E-state index in [9.17, 15) is 9.90 Å². The second-order valence-electron chi connectivity index (χ2n) is 5.51. The number of carbonyl (C=O) groups excluding carboxylic acids is 1. The summed E-state index contributed by atoms with van der Waals surface area (Å²) in [7, 11) is 1.65. The largest absolute Gasteiger partial charge is 0.507 e. The summed E-state index contributed by atoms with van der Waals surface area (Å²) >= 11 is 5.86. The van der Waals surface area contributed by atoms with Crippen LogP contribution in [0.25, 0.3) is 17.0 Å². The zero-order valence-electron chi connectivity index (χ0n) is 12.3. The van der Waals surface area contributed by atoms with Gasteiger partial charge in [0, 0.05) is 17.6 Å². The lowest BCUT2D eigenvalue weighted by Crippen LogP contribution is -2.22. The van der Waals surface area contributed by atoms with Gasteiger partial charge in [0.15, 0.2) is 23.0 Å². The lowest BCUT2D eigenvalue weighted by molar-refractivity contribution is -0.143. The fourth-order valence-corrected chi connectivity index (χ4v) is 2.38. The highest BCUT2D eigenvalue weighted by molar-refractivity contribution is 6.30. The molecule has 22 heavy (non-hydrogen) atoms. The zero-order valence-corrected chi connectivity index (χ0v) is 13.0. The van der Waals surface area contributed by atoms with Crippen molar-refractivity contribution in [1.29, 1.82) is 0 Å². The minimum atomic E-state index is -1.06. The first-order valence-electron chi connectivity index (χ1n) is 6.64. The Hall–Kier alpha value is -2.34. The van der Waals surface area contributed by atoms with Crippen LogP contribution in [-0.4, -0.2) is 31.4 Å². The summed E-state index contributed by atoms with van der Waals surface area (Å²) in [5.74, 6) is -0.0543. The van der Waals surface area contributed by atoms with Gasteiger partial charge in [0.2, 0.25) is 0 Å². The minimum Gasteiger partial charge on any atom is -0.507 e. The molecular weight excluding hydrogens is 306 g/mol. The Bertz CT molecular complexity index is 791. The molecule has 2 aromatic rings. The number of cyclic esters (lactones) is 1. The van der Waals surface area contributed by atoms with E-state index in [4.69, 9.17) is 16.3 Å². The molecule has 1 aromatic heterocycles. The second kappa shape index (κ2) is 4.84. The predicted molar refractivity (Wildman–Crippen MR) is 81.2 cm³/mol.